The second-order valence-corrected chi connectivity index (χ2v) is 5.58. The van der Waals surface area contributed by atoms with Gasteiger partial charge in [-0.25, -0.2) is 0 Å². The molecule has 0 bridgehead atoms. The van der Waals surface area contributed by atoms with Gasteiger partial charge >= 0.3 is 5.97 Å². The first-order chi connectivity index (χ1) is 11.5. The number of unbranched alkanes of at least 4 members (excludes halogenated alkanes) is 1. The lowest BCUT2D eigenvalue weighted by molar-refractivity contribution is -0.142. The van der Waals surface area contributed by atoms with Crippen molar-refractivity contribution in [2.75, 3.05) is 6.61 Å². The molecule has 1 fully saturated rings. The number of rotatable bonds is 8. The maximum Gasteiger partial charge on any atom is 0.310 e. The summed E-state index contributed by atoms with van der Waals surface area (Å²) < 4.78 is 10.2. The van der Waals surface area contributed by atoms with Gasteiger partial charge in [-0.05, 0) is 25.0 Å². The average Bonchev–Trinajstić information content (AvgIpc) is 3.26. The van der Waals surface area contributed by atoms with E-state index in [0.717, 1.165) is 18.9 Å². The van der Waals surface area contributed by atoms with Gasteiger partial charge in [0.15, 0.2) is 11.9 Å². The minimum absolute atomic E-state index is 0.00255. The van der Waals surface area contributed by atoms with Gasteiger partial charge in [-0.3, -0.25) is 9.59 Å². The highest BCUT2D eigenvalue weighted by Crippen LogP contribution is 2.34. The maximum atomic E-state index is 12.6. The Morgan fingerprint density at radius 1 is 1.29 bits per heavy atom. The van der Waals surface area contributed by atoms with E-state index in [1.807, 2.05) is 12.2 Å². The van der Waals surface area contributed by atoms with Crippen LogP contribution in [0.25, 0.3) is 0 Å². The molecule has 6 nitrogen and oxygen atoms in total. The van der Waals surface area contributed by atoms with E-state index < -0.39 is 17.9 Å². The normalized spacial score (nSPS) is 19.4. The van der Waals surface area contributed by atoms with Gasteiger partial charge in [-0.1, -0.05) is 25.5 Å². The number of aromatic hydroxyl groups is 2. The van der Waals surface area contributed by atoms with Crippen LogP contribution in [0.1, 0.15) is 42.6 Å². The van der Waals surface area contributed by atoms with E-state index in [4.69, 9.17) is 9.47 Å². The Morgan fingerprint density at radius 2 is 2.04 bits per heavy atom. The van der Waals surface area contributed by atoms with E-state index in [9.17, 15) is 19.8 Å². The maximum absolute atomic E-state index is 12.6. The van der Waals surface area contributed by atoms with Gasteiger partial charge in [0.05, 0.1) is 18.6 Å². The van der Waals surface area contributed by atoms with Crippen LogP contribution in [0.5, 0.6) is 11.5 Å². The minimum Gasteiger partial charge on any atom is -0.508 e. The third-order valence-corrected chi connectivity index (χ3v) is 3.64. The molecule has 0 aromatic heterocycles. The number of phenols is 2. The summed E-state index contributed by atoms with van der Waals surface area (Å²) in [6.45, 7) is 3.94. The average molecular weight is 334 g/mol. The third-order valence-electron chi connectivity index (χ3n) is 3.64. The van der Waals surface area contributed by atoms with E-state index >= 15 is 0 Å². The predicted molar refractivity (Wildman–Crippen MR) is 87.1 cm³/mol. The Morgan fingerprint density at radius 3 is 2.71 bits per heavy atom. The molecule has 1 saturated heterocycles. The number of allylic oxidation sites excluding steroid dienone is 1. The number of esters is 1. The van der Waals surface area contributed by atoms with Crippen LogP contribution < -0.4 is 0 Å². The molecule has 1 aromatic rings. The van der Waals surface area contributed by atoms with Crippen LogP contribution in [0.3, 0.4) is 0 Å². The summed E-state index contributed by atoms with van der Waals surface area (Å²) in [7, 11) is 0. The molecule has 2 rings (SSSR count). The molecule has 1 heterocycles. The summed E-state index contributed by atoms with van der Waals surface area (Å²) in [6, 6.07) is 2.36. The summed E-state index contributed by atoms with van der Waals surface area (Å²) in [5.74, 6) is -1.53. The fourth-order valence-electron chi connectivity index (χ4n) is 2.48. The monoisotopic (exact) mass is 334 g/mol. The summed E-state index contributed by atoms with van der Waals surface area (Å²) in [4.78, 5) is 24.3. The molecule has 0 radical (unpaired) electrons. The van der Waals surface area contributed by atoms with Gasteiger partial charge in [-0.2, -0.15) is 0 Å². The zero-order valence-corrected chi connectivity index (χ0v) is 13.8. The number of phenolic OH excluding ortho intramolecular Hbond substituents is 2. The number of ketones is 1. The van der Waals surface area contributed by atoms with Crippen molar-refractivity contribution in [2.45, 2.75) is 45.3 Å². The van der Waals surface area contributed by atoms with Gasteiger partial charge in [0.1, 0.15) is 17.6 Å². The number of Topliss-reactive ketones (excluding diaryl/α,β-unsaturated/α-hetero) is 1. The van der Waals surface area contributed by atoms with Gasteiger partial charge in [0.25, 0.3) is 0 Å². The molecule has 1 aromatic carbocycles. The van der Waals surface area contributed by atoms with E-state index in [1.165, 1.54) is 6.07 Å². The zero-order valence-electron chi connectivity index (χ0n) is 13.8. The molecule has 2 N–H and O–H groups in total. The first kappa shape index (κ1) is 18.0. The van der Waals surface area contributed by atoms with Gasteiger partial charge in [0.2, 0.25) is 0 Å². The fourth-order valence-corrected chi connectivity index (χ4v) is 2.48. The van der Waals surface area contributed by atoms with Crippen molar-refractivity contribution in [1.29, 1.82) is 0 Å². The van der Waals surface area contributed by atoms with Crippen molar-refractivity contribution in [2.24, 2.45) is 0 Å². The van der Waals surface area contributed by atoms with E-state index in [2.05, 4.69) is 6.92 Å². The summed E-state index contributed by atoms with van der Waals surface area (Å²) in [5.41, 5.74) is 0.222. The second-order valence-electron chi connectivity index (χ2n) is 5.58. The SMILES string of the molecule is CCCC=CC1OC1C(=O)c1c(O)cc(O)cc1CC(=O)OCC. The summed E-state index contributed by atoms with van der Waals surface area (Å²) in [5, 5.41) is 19.7. The molecule has 0 aliphatic carbocycles. The molecule has 6 heteroatoms. The third kappa shape index (κ3) is 4.35. The van der Waals surface area contributed by atoms with E-state index in [0.29, 0.717) is 0 Å². The molecule has 2 unspecified atom stereocenters. The van der Waals surface area contributed by atoms with Crippen LogP contribution >= 0.6 is 0 Å². The smallest absolute Gasteiger partial charge is 0.310 e. The Kier molecular flexibility index (Phi) is 5.98. The number of hydrogen-bond acceptors (Lipinski definition) is 6. The van der Waals surface area contributed by atoms with Gasteiger partial charge < -0.3 is 19.7 Å². The minimum atomic E-state index is -0.672. The number of epoxide rings is 1. The zero-order chi connectivity index (χ0) is 17.7. The number of ether oxygens (including phenoxy) is 2. The highest BCUT2D eigenvalue weighted by molar-refractivity contribution is 6.05. The van der Waals surface area contributed by atoms with E-state index in [-0.39, 0.29) is 41.8 Å². The Hall–Kier alpha value is -2.34. The summed E-state index contributed by atoms with van der Waals surface area (Å²) >= 11 is 0. The molecule has 1 aliphatic rings. The number of carbonyl (C=O) groups is 2. The molecule has 130 valence electrons. The van der Waals surface area contributed by atoms with Gasteiger partial charge in [0, 0.05) is 6.07 Å². The highest BCUT2D eigenvalue weighted by Gasteiger charge is 2.44. The molecular weight excluding hydrogens is 312 g/mol. The number of benzene rings is 1. The molecule has 1 aliphatic heterocycles. The van der Waals surface area contributed by atoms with Crippen molar-refractivity contribution in [1.82, 2.24) is 0 Å². The van der Waals surface area contributed by atoms with Crippen LogP contribution in [0, 0.1) is 0 Å². The predicted octanol–water partition coefficient (Wildman–Crippen LogP) is 2.51. The van der Waals surface area contributed by atoms with Crippen LogP contribution in [-0.4, -0.2) is 40.8 Å². The number of hydrogen-bond donors (Lipinski definition) is 2. The van der Waals surface area contributed by atoms with Crippen molar-refractivity contribution in [3.8, 4) is 11.5 Å². The standard InChI is InChI=1S/C18H22O6/c1-3-5-6-7-14-18(24-14)17(22)16-11(9-15(21)23-4-2)8-12(19)10-13(16)20/h6-8,10,14,18-20H,3-5,9H2,1-2H3. The first-order valence-electron chi connectivity index (χ1n) is 8.04. The lowest BCUT2D eigenvalue weighted by Crippen LogP contribution is -2.16. The lowest BCUT2D eigenvalue weighted by atomic mass is 9.96. The molecule has 0 saturated carbocycles. The Labute approximate surface area is 140 Å². The van der Waals surface area contributed by atoms with Crippen molar-refractivity contribution >= 4 is 11.8 Å². The molecule has 0 spiro atoms. The van der Waals surface area contributed by atoms with Gasteiger partial charge in [-0.15, -0.1) is 0 Å². The summed E-state index contributed by atoms with van der Waals surface area (Å²) in [6.07, 6.45) is 4.49. The molecule has 0 amide bonds. The van der Waals surface area contributed by atoms with E-state index in [1.54, 1.807) is 6.92 Å². The Bertz CT molecular complexity index is 649. The van der Waals surface area contributed by atoms with Crippen molar-refractivity contribution in [3.63, 3.8) is 0 Å². The molecule has 2 atom stereocenters. The van der Waals surface area contributed by atoms with Crippen molar-refractivity contribution < 1.29 is 29.3 Å². The van der Waals surface area contributed by atoms with Crippen LogP contribution in [0.4, 0.5) is 0 Å². The van der Waals surface area contributed by atoms with Crippen LogP contribution in [0.2, 0.25) is 0 Å². The number of carbonyl (C=O) groups excluding carboxylic acids is 2. The van der Waals surface area contributed by atoms with Crippen molar-refractivity contribution in [3.05, 3.63) is 35.4 Å². The van der Waals surface area contributed by atoms with Crippen LogP contribution in [-0.2, 0) is 20.7 Å². The fraction of sp³-hybridized carbons (Fsp3) is 0.444. The Balaban J connectivity index is 2.19. The first-order valence-corrected chi connectivity index (χ1v) is 8.04. The second kappa shape index (κ2) is 7.97. The quantitative estimate of drug-likeness (QED) is 0.328. The highest BCUT2D eigenvalue weighted by atomic mass is 16.6. The molecular formula is C18H22O6. The topological polar surface area (TPSA) is 96.4 Å². The lowest BCUT2D eigenvalue weighted by Gasteiger charge is -2.10. The largest absolute Gasteiger partial charge is 0.508 e. The van der Waals surface area contributed by atoms with Crippen LogP contribution in [0.15, 0.2) is 24.3 Å². The molecule has 24 heavy (non-hydrogen) atoms.